The van der Waals surface area contributed by atoms with Gasteiger partial charge in [-0.25, -0.2) is 9.67 Å². The number of piperidine rings is 1. The Morgan fingerprint density at radius 3 is 2.55 bits per heavy atom. The summed E-state index contributed by atoms with van der Waals surface area (Å²) in [5.74, 6) is -1.27. The van der Waals surface area contributed by atoms with Crippen molar-refractivity contribution < 1.29 is 22.8 Å². The Bertz CT molecular complexity index is 1150. The van der Waals surface area contributed by atoms with Gasteiger partial charge in [0, 0.05) is 23.7 Å². The van der Waals surface area contributed by atoms with Crippen LogP contribution in [-0.4, -0.2) is 44.6 Å². The highest BCUT2D eigenvalue weighted by atomic mass is 35.5. The van der Waals surface area contributed by atoms with Gasteiger partial charge in [0.1, 0.15) is 12.7 Å². The van der Waals surface area contributed by atoms with E-state index in [0.29, 0.717) is 30.0 Å². The van der Waals surface area contributed by atoms with Crippen LogP contribution in [0.1, 0.15) is 28.8 Å². The van der Waals surface area contributed by atoms with Gasteiger partial charge in [0.15, 0.2) is 0 Å². The lowest BCUT2D eigenvalue weighted by Crippen LogP contribution is -2.43. The predicted octanol–water partition coefficient (Wildman–Crippen LogP) is 4.43. The van der Waals surface area contributed by atoms with E-state index >= 15 is 0 Å². The highest BCUT2D eigenvalue weighted by Crippen LogP contribution is 2.33. The van der Waals surface area contributed by atoms with E-state index in [1.807, 2.05) is 0 Å². The minimum Gasteiger partial charge on any atom is -0.338 e. The number of halogens is 4. The monoisotopic (exact) mass is 477 g/mol. The highest BCUT2D eigenvalue weighted by Gasteiger charge is 2.33. The smallest absolute Gasteiger partial charge is 0.338 e. The lowest BCUT2D eigenvalue weighted by molar-refractivity contribution is -0.137. The molecule has 0 radical (unpaired) electrons. The number of hydrogen-bond acceptors (Lipinski definition) is 4. The minimum absolute atomic E-state index is 0.0403. The lowest BCUT2D eigenvalue weighted by Gasteiger charge is -2.32. The molecule has 1 fully saturated rings. The van der Waals surface area contributed by atoms with Crippen molar-refractivity contribution >= 4 is 29.1 Å². The number of carbonyl (C=O) groups is 2. The fourth-order valence-corrected chi connectivity index (χ4v) is 3.86. The number of anilines is 1. The van der Waals surface area contributed by atoms with Crippen molar-refractivity contribution in [3.8, 4) is 5.69 Å². The van der Waals surface area contributed by atoms with Crippen molar-refractivity contribution in [1.82, 2.24) is 19.7 Å². The maximum atomic E-state index is 13.3. The van der Waals surface area contributed by atoms with Crippen LogP contribution in [0, 0.1) is 5.92 Å². The van der Waals surface area contributed by atoms with Gasteiger partial charge in [-0.15, -0.1) is 0 Å². The summed E-state index contributed by atoms with van der Waals surface area (Å²) in [5.41, 5.74) is -0.239. The van der Waals surface area contributed by atoms with E-state index in [-0.39, 0.29) is 23.8 Å². The second kappa shape index (κ2) is 9.22. The first-order valence-electron chi connectivity index (χ1n) is 10.1. The van der Waals surface area contributed by atoms with Gasteiger partial charge in [0.05, 0.1) is 22.9 Å². The number of rotatable bonds is 4. The number of amides is 2. The molecular formula is C22H19ClF3N5O2. The molecule has 0 unspecified atom stereocenters. The number of aromatic nitrogens is 3. The molecule has 11 heteroatoms. The third-order valence-corrected chi connectivity index (χ3v) is 5.67. The van der Waals surface area contributed by atoms with Crippen molar-refractivity contribution in [2.45, 2.75) is 19.0 Å². The Kier molecular flexibility index (Phi) is 6.37. The fraction of sp³-hybridized carbons (Fsp3) is 0.273. The summed E-state index contributed by atoms with van der Waals surface area (Å²) in [7, 11) is 0. The van der Waals surface area contributed by atoms with Crippen molar-refractivity contribution in [3.63, 3.8) is 0 Å². The Morgan fingerprint density at radius 1 is 1.12 bits per heavy atom. The lowest BCUT2D eigenvalue weighted by atomic mass is 9.96. The van der Waals surface area contributed by atoms with Gasteiger partial charge in [0.2, 0.25) is 5.91 Å². The molecule has 33 heavy (non-hydrogen) atoms. The maximum absolute atomic E-state index is 13.3. The van der Waals surface area contributed by atoms with Gasteiger partial charge < -0.3 is 10.2 Å². The predicted molar refractivity (Wildman–Crippen MR) is 115 cm³/mol. The van der Waals surface area contributed by atoms with Crippen LogP contribution in [0.2, 0.25) is 5.02 Å². The van der Waals surface area contributed by atoms with Crippen LogP contribution >= 0.6 is 11.6 Å². The molecule has 1 aliphatic heterocycles. The van der Waals surface area contributed by atoms with E-state index in [1.54, 1.807) is 29.2 Å². The van der Waals surface area contributed by atoms with Crippen LogP contribution in [0.15, 0.2) is 55.1 Å². The van der Waals surface area contributed by atoms with E-state index in [0.717, 1.165) is 12.1 Å². The van der Waals surface area contributed by atoms with Gasteiger partial charge in [0.25, 0.3) is 5.91 Å². The molecule has 4 rings (SSSR count). The van der Waals surface area contributed by atoms with Crippen molar-refractivity contribution in [2.75, 3.05) is 18.4 Å². The number of nitrogens with one attached hydrogen (secondary N) is 1. The molecule has 0 bridgehead atoms. The van der Waals surface area contributed by atoms with Crippen LogP contribution in [0.25, 0.3) is 5.69 Å². The van der Waals surface area contributed by atoms with Crippen LogP contribution in [0.3, 0.4) is 0 Å². The third kappa shape index (κ3) is 5.16. The number of likely N-dealkylation sites (tertiary alicyclic amines) is 1. The molecule has 1 atom stereocenters. The van der Waals surface area contributed by atoms with Crippen molar-refractivity contribution in [1.29, 1.82) is 0 Å². The van der Waals surface area contributed by atoms with E-state index in [4.69, 9.17) is 11.6 Å². The van der Waals surface area contributed by atoms with Crippen molar-refractivity contribution in [2.24, 2.45) is 5.92 Å². The molecule has 2 heterocycles. The molecule has 0 spiro atoms. The molecule has 1 saturated heterocycles. The van der Waals surface area contributed by atoms with Gasteiger partial charge in [-0.2, -0.15) is 18.3 Å². The summed E-state index contributed by atoms with van der Waals surface area (Å²) in [4.78, 5) is 31.2. The van der Waals surface area contributed by atoms with Gasteiger partial charge >= 0.3 is 6.18 Å². The van der Waals surface area contributed by atoms with Gasteiger partial charge in [-0.3, -0.25) is 9.59 Å². The highest BCUT2D eigenvalue weighted by molar-refractivity contribution is 6.30. The van der Waals surface area contributed by atoms with Crippen LogP contribution < -0.4 is 5.32 Å². The summed E-state index contributed by atoms with van der Waals surface area (Å²) in [6.07, 6.45) is -0.910. The van der Waals surface area contributed by atoms with Gasteiger partial charge in [-0.1, -0.05) is 11.6 Å². The Labute approximate surface area is 192 Å². The standard InChI is InChI=1S/C22H19ClF3N5O2/c23-17-6-3-14(4-7-17)21(33)30-9-1-2-15(11-30)20(32)29-18-10-16(22(24,25)26)5-8-19(18)31-13-27-12-28-31/h3-8,10,12-13,15H,1-2,9,11H2,(H,29,32)/t15-/m0/s1. The van der Waals surface area contributed by atoms with Crippen molar-refractivity contribution in [3.05, 3.63) is 71.3 Å². The molecule has 3 aromatic rings. The van der Waals surface area contributed by atoms with Gasteiger partial charge in [-0.05, 0) is 55.3 Å². The number of nitrogens with zero attached hydrogens (tertiary/aromatic N) is 4. The summed E-state index contributed by atoms with van der Waals surface area (Å²) >= 11 is 5.87. The fourth-order valence-electron chi connectivity index (χ4n) is 3.73. The number of hydrogen-bond donors (Lipinski definition) is 1. The van der Waals surface area contributed by atoms with E-state index < -0.39 is 23.6 Å². The molecule has 172 valence electrons. The molecule has 0 aliphatic carbocycles. The summed E-state index contributed by atoms with van der Waals surface area (Å²) in [6.45, 7) is 0.643. The zero-order valence-corrected chi connectivity index (χ0v) is 18.0. The summed E-state index contributed by atoms with van der Waals surface area (Å²) in [5, 5.41) is 7.06. The Morgan fingerprint density at radius 2 is 1.88 bits per heavy atom. The SMILES string of the molecule is O=C(Nc1cc(C(F)(F)F)ccc1-n1cncn1)[C@H]1CCCN(C(=O)c2ccc(Cl)cc2)C1. The molecule has 2 amide bonds. The second-order valence-corrected chi connectivity index (χ2v) is 8.09. The molecule has 1 aromatic heterocycles. The number of benzene rings is 2. The number of alkyl halides is 3. The van der Waals surface area contributed by atoms with E-state index in [9.17, 15) is 22.8 Å². The zero-order valence-electron chi connectivity index (χ0n) is 17.2. The molecule has 1 N–H and O–H groups in total. The third-order valence-electron chi connectivity index (χ3n) is 5.42. The molecule has 2 aromatic carbocycles. The Balaban J connectivity index is 1.53. The van der Waals surface area contributed by atoms with Crippen LogP contribution in [0.5, 0.6) is 0 Å². The van der Waals surface area contributed by atoms with E-state index in [2.05, 4.69) is 15.4 Å². The zero-order chi connectivity index (χ0) is 23.6. The topological polar surface area (TPSA) is 80.1 Å². The normalized spacial score (nSPS) is 16.5. The Hall–Kier alpha value is -3.40. The molecule has 0 saturated carbocycles. The van der Waals surface area contributed by atoms with Crippen LogP contribution in [0.4, 0.5) is 18.9 Å². The largest absolute Gasteiger partial charge is 0.416 e. The second-order valence-electron chi connectivity index (χ2n) is 7.66. The first-order chi connectivity index (χ1) is 15.7. The van der Waals surface area contributed by atoms with E-state index in [1.165, 1.54) is 23.4 Å². The quantitative estimate of drug-likeness (QED) is 0.603. The molecular weight excluding hydrogens is 459 g/mol. The average molecular weight is 478 g/mol. The first-order valence-corrected chi connectivity index (χ1v) is 10.5. The maximum Gasteiger partial charge on any atom is 0.416 e. The molecule has 7 nitrogen and oxygen atoms in total. The minimum atomic E-state index is -4.58. The average Bonchev–Trinajstić information content (AvgIpc) is 3.33. The summed E-state index contributed by atoms with van der Waals surface area (Å²) in [6, 6.07) is 9.46. The summed E-state index contributed by atoms with van der Waals surface area (Å²) < 4.78 is 41.1. The molecule has 1 aliphatic rings. The number of carbonyl (C=O) groups excluding carboxylic acids is 2. The van der Waals surface area contributed by atoms with Crippen LogP contribution in [-0.2, 0) is 11.0 Å². The first kappa shape index (κ1) is 22.8.